The molecule has 0 amide bonds. The Balaban J connectivity index is 3.40. The van der Waals surface area contributed by atoms with Gasteiger partial charge in [-0.2, -0.15) is 0 Å². The Morgan fingerprint density at radius 3 is 1.88 bits per heavy atom. The van der Waals surface area contributed by atoms with Crippen molar-refractivity contribution in [2.75, 3.05) is 7.11 Å². The fourth-order valence-corrected chi connectivity index (χ4v) is 3.90. The molecule has 144 valence electrons. The van der Waals surface area contributed by atoms with Gasteiger partial charge in [-0.25, -0.2) is 13.2 Å². The predicted octanol–water partition coefficient (Wildman–Crippen LogP) is 2.87. The van der Waals surface area contributed by atoms with E-state index >= 15 is 0 Å². The summed E-state index contributed by atoms with van der Waals surface area (Å²) in [5.41, 5.74) is -1.31. The van der Waals surface area contributed by atoms with E-state index in [0.29, 0.717) is 0 Å². The van der Waals surface area contributed by atoms with Crippen molar-refractivity contribution in [3.63, 3.8) is 0 Å². The summed E-state index contributed by atoms with van der Waals surface area (Å²) in [6.07, 6.45) is 1.37. The van der Waals surface area contributed by atoms with Crippen LogP contribution in [0.4, 0.5) is 0 Å². The summed E-state index contributed by atoms with van der Waals surface area (Å²) in [6, 6.07) is 0. The van der Waals surface area contributed by atoms with E-state index in [-0.39, 0.29) is 4.91 Å². The van der Waals surface area contributed by atoms with Crippen molar-refractivity contribution in [1.82, 2.24) is 0 Å². The molecule has 1 fully saturated rings. The maximum atomic E-state index is 12.9. The molecule has 2 unspecified atom stereocenters. The molecule has 2 atom stereocenters. The molecule has 1 aliphatic rings. The first kappa shape index (κ1) is 21.7. The molecule has 0 aromatic heterocycles. The SMILES string of the molecule is COC(=O)C1C(C=C(C(=O)OC(C)(C)C)S(=O)(=O)C(C)(C)C)C1(C)C. The number of sulfone groups is 1. The quantitative estimate of drug-likeness (QED) is 0.555. The average molecular weight is 374 g/mol. The molecule has 7 heteroatoms. The number of carbonyl (C=O) groups is 2. The number of rotatable bonds is 4. The zero-order valence-corrected chi connectivity index (χ0v) is 17.4. The molecule has 0 heterocycles. The fraction of sp³-hybridized carbons (Fsp3) is 0.778. The van der Waals surface area contributed by atoms with Gasteiger partial charge in [0.25, 0.3) is 0 Å². The minimum absolute atomic E-state index is 0.389. The van der Waals surface area contributed by atoms with E-state index in [1.54, 1.807) is 20.8 Å². The molecule has 0 aliphatic heterocycles. The van der Waals surface area contributed by atoms with E-state index < -0.39 is 49.4 Å². The maximum Gasteiger partial charge on any atom is 0.349 e. The Morgan fingerprint density at radius 2 is 1.52 bits per heavy atom. The zero-order chi connectivity index (χ0) is 20.0. The molecule has 25 heavy (non-hydrogen) atoms. The van der Waals surface area contributed by atoms with Crippen LogP contribution in [0, 0.1) is 17.3 Å². The van der Waals surface area contributed by atoms with Gasteiger partial charge in [0.2, 0.25) is 0 Å². The lowest BCUT2D eigenvalue weighted by atomic mass is 10.1. The van der Waals surface area contributed by atoms with Crippen LogP contribution in [0.3, 0.4) is 0 Å². The molecular weight excluding hydrogens is 344 g/mol. The molecule has 0 bridgehead atoms. The Hall–Kier alpha value is -1.37. The highest BCUT2D eigenvalue weighted by molar-refractivity contribution is 7.97. The molecule has 0 saturated heterocycles. The molecule has 0 spiro atoms. The Bertz CT molecular complexity index is 686. The Kier molecular flexibility index (Phi) is 5.56. The van der Waals surface area contributed by atoms with Crippen molar-refractivity contribution in [2.24, 2.45) is 17.3 Å². The van der Waals surface area contributed by atoms with Gasteiger partial charge in [-0.1, -0.05) is 19.9 Å². The van der Waals surface area contributed by atoms with Crippen molar-refractivity contribution >= 4 is 21.8 Å². The highest BCUT2D eigenvalue weighted by atomic mass is 32.2. The van der Waals surface area contributed by atoms with E-state index in [2.05, 4.69) is 0 Å². The third-order valence-electron chi connectivity index (χ3n) is 4.39. The minimum Gasteiger partial charge on any atom is -0.469 e. The Labute approximate surface area is 150 Å². The average Bonchev–Trinajstić information content (AvgIpc) is 2.92. The second-order valence-corrected chi connectivity index (χ2v) is 11.7. The highest BCUT2D eigenvalue weighted by Gasteiger charge is 2.62. The van der Waals surface area contributed by atoms with Crippen LogP contribution < -0.4 is 0 Å². The van der Waals surface area contributed by atoms with E-state index in [1.165, 1.54) is 34.0 Å². The lowest BCUT2D eigenvalue weighted by Crippen LogP contribution is -2.35. The molecule has 1 saturated carbocycles. The molecule has 0 radical (unpaired) electrons. The van der Waals surface area contributed by atoms with E-state index in [0.717, 1.165) is 0 Å². The van der Waals surface area contributed by atoms with Crippen LogP contribution in [-0.4, -0.2) is 37.8 Å². The molecule has 1 rings (SSSR count). The van der Waals surface area contributed by atoms with Gasteiger partial charge >= 0.3 is 11.9 Å². The largest absolute Gasteiger partial charge is 0.469 e. The third-order valence-corrected chi connectivity index (χ3v) is 6.89. The standard InChI is InChI=1S/C18H30O6S/c1-16(2,3)24-14(19)12(25(21,22)17(4,5)6)10-11-13(15(20)23-9)18(11,7)8/h10-11,13H,1-9H3. The molecule has 0 N–H and O–H groups in total. The molecule has 6 nitrogen and oxygen atoms in total. The Morgan fingerprint density at radius 1 is 1.04 bits per heavy atom. The molecule has 0 aromatic carbocycles. The van der Waals surface area contributed by atoms with Gasteiger partial charge < -0.3 is 9.47 Å². The number of carbonyl (C=O) groups excluding carboxylic acids is 2. The van der Waals surface area contributed by atoms with E-state index in [4.69, 9.17) is 9.47 Å². The number of allylic oxidation sites excluding steroid dienone is 1. The van der Waals surface area contributed by atoms with E-state index in [9.17, 15) is 18.0 Å². The van der Waals surface area contributed by atoms with Crippen LogP contribution in [-0.2, 0) is 28.9 Å². The normalized spacial score (nSPS) is 23.8. The van der Waals surface area contributed by atoms with Crippen molar-refractivity contribution in [2.45, 2.75) is 65.7 Å². The van der Waals surface area contributed by atoms with Crippen LogP contribution in [0.15, 0.2) is 11.0 Å². The summed E-state index contributed by atoms with van der Waals surface area (Å²) < 4.78 is 34.7. The lowest BCUT2D eigenvalue weighted by Gasteiger charge is -2.24. The summed E-state index contributed by atoms with van der Waals surface area (Å²) in [5, 5.41) is 0. The maximum absolute atomic E-state index is 12.9. The van der Waals surface area contributed by atoms with Crippen molar-refractivity contribution in [1.29, 1.82) is 0 Å². The highest BCUT2D eigenvalue weighted by Crippen LogP contribution is 2.60. The number of methoxy groups -OCH3 is 1. The van der Waals surface area contributed by atoms with Gasteiger partial charge in [0.1, 0.15) is 10.5 Å². The molecule has 0 aromatic rings. The zero-order valence-electron chi connectivity index (χ0n) is 16.6. The van der Waals surface area contributed by atoms with Crippen LogP contribution >= 0.6 is 0 Å². The van der Waals surface area contributed by atoms with Crippen LogP contribution in [0.2, 0.25) is 0 Å². The van der Waals surface area contributed by atoms with Gasteiger partial charge in [0.15, 0.2) is 9.84 Å². The first-order chi connectivity index (χ1) is 11.0. The first-order valence-electron chi connectivity index (χ1n) is 8.24. The summed E-state index contributed by atoms with van der Waals surface area (Å²) in [7, 11) is -2.65. The molecule has 1 aliphatic carbocycles. The smallest absolute Gasteiger partial charge is 0.349 e. The number of hydrogen-bond donors (Lipinski definition) is 0. The predicted molar refractivity (Wildman–Crippen MR) is 95.4 cm³/mol. The van der Waals surface area contributed by atoms with Crippen molar-refractivity contribution in [3.05, 3.63) is 11.0 Å². The summed E-state index contributed by atoms with van der Waals surface area (Å²) in [4.78, 5) is 24.1. The number of ether oxygens (including phenoxy) is 2. The lowest BCUT2D eigenvalue weighted by molar-refractivity contribution is -0.149. The van der Waals surface area contributed by atoms with Crippen LogP contribution in [0.1, 0.15) is 55.4 Å². The van der Waals surface area contributed by atoms with Gasteiger partial charge in [0, 0.05) is 0 Å². The van der Waals surface area contributed by atoms with Crippen LogP contribution in [0.25, 0.3) is 0 Å². The van der Waals surface area contributed by atoms with Gasteiger partial charge in [-0.05, 0) is 52.9 Å². The van der Waals surface area contributed by atoms with E-state index in [1.807, 2.05) is 13.8 Å². The summed E-state index contributed by atoms with van der Waals surface area (Å²) >= 11 is 0. The minimum atomic E-state index is -3.94. The van der Waals surface area contributed by atoms with Crippen molar-refractivity contribution in [3.8, 4) is 0 Å². The third kappa shape index (κ3) is 4.43. The molecular formula is C18H30O6S. The summed E-state index contributed by atoms with van der Waals surface area (Å²) in [5.74, 6) is -2.19. The van der Waals surface area contributed by atoms with Gasteiger partial charge in [-0.3, -0.25) is 4.79 Å². The van der Waals surface area contributed by atoms with Crippen LogP contribution in [0.5, 0.6) is 0 Å². The fourth-order valence-electron chi connectivity index (χ4n) is 2.65. The second-order valence-electron chi connectivity index (χ2n) is 9.00. The van der Waals surface area contributed by atoms with Crippen molar-refractivity contribution < 1.29 is 27.5 Å². The summed E-state index contributed by atoms with van der Waals surface area (Å²) in [6.45, 7) is 13.3. The monoisotopic (exact) mass is 374 g/mol. The topological polar surface area (TPSA) is 86.7 Å². The number of esters is 2. The first-order valence-corrected chi connectivity index (χ1v) is 9.72. The van der Waals surface area contributed by atoms with Gasteiger partial charge in [-0.15, -0.1) is 0 Å². The number of hydrogen-bond acceptors (Lipinski definition) is 6. The second kappa shape index (κ2) is 6.41. The van der Waals surface area contributed by atoms with Gasteiger partial charge in [0.05, 0.1) is 17.8 Å².